The molecule has 144 valence electrons. The second-order valence-corrected chi connectivity index (χ2v) is 6.60. The third kappa shape index (κ3) is 5.30. The van der Waals surface area contributed by atoms with E-state index < -0.39 is 11.9 Å². The zero-order valence-corrected chi connectivity index (χ0v) is 15.7. The quantitative estimate of drug-likeness (QED) is 0.618. The zero-order chi connectivity index (χ0) is 19.9. The van der Waals surface area contributed by atoms with Crippen LogP contribution in [-0.4, -0.2) is 30.9 Å². The molecule has 6 heteroatoms. The maximum absolute atomic E-state index is 11.9. The summed E-state index contributed by atoms with van der Waals surface area (Å²) in [7, 11) is 0. The number of hydrogen-bond donors (Lipinski definition) is 1. The summed E-state index contributed by atoms with van der Waals surface area (Å²) < 4.78 is 4.95. The van der Waals surface area contributed by atoms with Crippen molar-refractivity contribution in [3.63, 3.8) is 0 Å². The average molecular weight is 378 g/mol. The zero-order valence-electron chi connectivity index (χ0n) is 15.7. The molecule has 0 saturated carbocycles. The Hall–Kier alpha value is -3.41. The number of nitrogens with one attached hydrogen (secondary N) is 1. The van der Waals surface area contributed by atoms with Gasteiger partial charge >= 0.3 is 5.97 Å². The first kappa shape index (κ1) is 19.4. The maximum atomic E-state index is 11.9. The van der Waals surface area contributed by atoms with E-state index in [0.717, 1.165) is 29.8 Å². The van der Waals surface area contributed by atoms with Gasteiger partial charge in [0.1, 0.15) is 0 Å². The van der Waals surface area contributed by atoms with Gasteiger partial charge < -0.3 is 15.0 Å². The van der Waals surface area contributed by atoms with Gasteiger partial charge in [-0.3, -0.25) is 9.59 Å². The smallest absolute Gasteiger partial charge is 0.331 e. The predicted molar refractivity (Wildman–Crippen MR) is 108 cm³/mol. The lowest BCUT2D eigenvalue weighted by Crippen LogP contribution is -2.23. The van der Waals surface area contributed by atoms with Gasteiger partial charge in [-0.25, -0.2) is 4.79 Å². The Labute approximate surface area is 163 Å². The molecule has 0 radical (unpaired) electrons. The fourth-order valence-electron chi connectivity index (χ4n) is 2.87. The van der Waals surface area contributed by atoms with E-state index in [-0.39, 0.29) is 12.5 Å². The fraction of sp³-hybridized carbons (Fsp3) is 0.227. The summed E-state index contributed by atoms with van der Waals surface area (Å²) in [5, 5.41) is 2.66. The van der Waals surface area contributed by atoms with Gasteiger partial charge in [0, 0.05) is 30.4 Å². The van der Waals surface area contributed by atoms with Crippen molar-refractivity contribution in [3.8, 4) is 0 Å². The molecule has 0 aromatic heterocycles. The lowest BCUT2D eigenvalue weighted by atomic mass is 10.1. The number of hydrogen-bond acceptors (Lipinski definition) is 4. The van der Waals surface area contributed by atoms with Crippen molar-refractivity contribution >= 4 is 35.2 Å². The number of rotatable bonds is 6. The summed E-state index contributed by atoms with van der Waals surface area (Å²) in [6.45, 7) is 2.33. The first-order valence-electron chi connectivity index (χ1n) is 9.13. The van der Waals surface area contributed by atoms with Crippen molar-refractivity contribution in [1.29, 1.82) is 0 Å². The van der Waals surface area contributed by atoms with Crippen LogP contribution in [-0.2, 0) is 19.1 Å². The number of anilines is 2. The standard InChI is InChI=1S/C22H22N2O4/c1-16-4-6-17(7-5-16)8-13-22(27)28-15-20(25)23-18-9-11-19(12-10-18)24-14-2-3-21(24)26/h4-13H,2-3,14-15H2,1H3,(H,23,25)/b13-8+. The molecule has 1 N–H and O–H groups in total. The molecular formula is C22H22N2O4. The van der Waals surface area contributed by atoms with Crippen LogP contribution in [0.3, 0.4) is 0 Å². The molecule has 28 heavy (non-hydrogen) atoms. The molecule has 1 saturated heterocycles. The van der Waals surface area contributed by atoms with Gasteiger partial charge in [-0.1, -0.05) is 29.8 Å². The molecule has 1 heterocycles. The second kappa shape index (κ2) is 8.99. The predicted octanol–water partition coefficient (Wildman–Crippen LogP) is 3.32. The number of amides is 2. The molecule has 6 nitrogen and oxygen atoms in total. The summed E-state index contributed by atoms with van der Waals surface area (Å²) in [5.74, 6) is -0.900. The lowest BCUT2D eigenvalue weighted by molar-refractivity contribution is -0.142. The molecule has 2 aromatic rings. The van der Waals surface area contributed by atoms with Gasteiger partial charge in [0.05, 0.1) is 0 Å². The molecule has 2 amide bonds. The van der Waals surface area contributed by atoms with Crippen LogP contribution in [0.1, 0.15) is 24.0 Å². The van der Waals surface area contributed by atoms with E-state index >= 15 is 0 Å². The SMILES string of the molecule is Cc1ccc(/C=C/C(=O)OCC(=O)Nc2ccc(N3CCCC3=O)cc2)cc1. The van der Waals surface area contributed by atoms with E-state index in [0.29, 0.717) is 12.1 Å². The van der Waals surface area contributed by atoms with Crippen LogP contribution in [0.15, 0.2) is 54.6 Å². The Morgan fingerprint density at radius 1 is 1.11 bits per heavy atom. The largest absolute Gasteiger partial charge is 0.452 e. The second-order valence-electron chi connectivity index (χ2n) is 6.60. The highest BCUT2D eigenvalue weighted by atomic mass is 16.5. The van der Waals surface area contributed by atoms with Gasteiger partial charge in [-0.05, 0) is 49.2 Å². The molecular weight excluding hydrogens is 356 g/mol. The number of nitrogens with zero attached hydrogens (tertiary/aromatic N) is 1. The highest BCUT2D eigenvalue weighted by Gasteiger charge is 2.21. The maximum Gasteiger partial charge on any atom is 0.331 e. The minimum absolute atomic E-state index is 0.113. The van der Waals surface area contributed by atoms with Gasteiger partial charge in [0.2, 0.25) is 5.91 Å². The number of aryl methyl sites for hydroxylation is 1. The molecule has 0 atom stereocenters. The Morgan fingerprint density at radius 2 is 1.82 bits per heavy atom. The lowest BCUT2D eigenvalue weighted by Gasteiger charge is -2.16. The Balaban J connectivity index is 1.45. The third-order valence-electron chi connectivity index (χ3n) is 4.37. The summed E-state index contributed by atoms with van der Waals surface area (Å²) in [5.41, 5.74) is 3.40. The topological polar surface area (TPSA) is 75.7 Å². The highest BCUT2D eigenvalue weighted by molar-refractivity contribution is 5.97. The van der Waals surface area contributed by atoms with Crippen molar-refractivity contribution in [2.75, 3.05) is 23.4 Å². The molecule has 1 aliphatic rings. The van der Waals surface area contributed by atoms with E-state index in [1.165, 1.54) is 6.08 Å². The first-order valence-corrected chi connectivity index (χ1v) is 9.13. The van der Waals surface area contributed by atoms with Crippen LogP contribution in [0.2, 0.25) is 0 Å². The van der Waals surface area contributed by atoms with Crippen molar-refractivity contribution in [2.24, 2.45) is 0 Å². The number of benzene rings is 2. The number of carbonyl (C=O) groups excluding carboxylic acids is 3. The van der Waals surface area contributed by atoms with Crippen molar-refractivity contribution in [2.45, 2.75) is 19.8 Å². The van der Waals surface area contributed by atoms with E-state index in [1.807, 2.05) is 31.2 Å². The van der Waals surface area contributed by atoms with Gasteiger partial charge in [0.15, 0.2) is 6.61 Å². The van der Waals surface area contributed by atoms with Crippen molar-refractivity contribution in [1.82, 2.24) is 0 Å². The van der Waals surface area contributed by atoms with Crippen LogP contribution in [0, 0.1) is 6.92 Å². The number of ether oxygens (including phenoxy) is 1. The number of carbonyl (C=O) groups is 3. The molecule has 0 aliphatic carbocycles. The summed E-state index contributed by atoms with van der Waals surface area (Å²) in [6.07, 6.45) is 4.36. The van der Waals surface area contributed by atoms with E-state index in [4.69, 9.17) is 4.74 Å². The van der Waals surface area contributed by atoms with E-state index in [1.54, 1.807) is 35.2 Å². The molecule has 0 spiro atoms. The van der Waals surface area contributed by atoms with Crippen molar-refractivity contribution in [3.05, 3.63) is 65.7 Å². The van der Waals surface area contributed by atoms with E-state index in [9.17, 15) is 14.4 Å². The van der Waals surface area contributed by atoms with Gasteiger partial charge in [0.25, 0.3) is 5.91 Å². The molecule has 1 fully saturated rings. The average Bonchev–Trinajstić information content (AvgIpc) is 3.12. The Morgan fingerprint density at radius 3 is 2.46 bits per heavy atom. The van der Waals surface area contributed by atoms with Crippen LogP contribution < -0.4 is 10.2 Å². The monoisotopic (exact) mass is 378 g/mol. The summed E-state index contributed by atoms with van der Waals surface area (Å²) >= 11 is 0. The van der Waals surface area contributed by atoms with Crippen molar-refractivity contribution < 1.29 is 19.1 Å². The first-order chi connectivity index (χ1) is 13.5. The fourth-order valence-corrected chi connectivity index (χ4v) is 2.87. The molecule has 0 bridgehead atoms. The minimum atomic E-state index is -0.585. The molecule has 1 aliphatic heterocycles. The van der Waals surface area contributed by atoms with E-state index in [2.05, 4.69) is 5.32 Å². The molecule has 2 aromatic carbocycles. The molecule has 0 unspecified atom stereocenters. The minimum Gasteiger partial charge on any atom is -0.452 e. The van der Waals surface area contributed by atoms with Crippen LogP contribution >= 0.6 is 0 Å². The summed E-state index contributed by atoms with van der Waals surface area (Å²) in [6, 6.07) is 14.7. The highest BCUT2D eigenvalue weighted by Crippen LogP contribution is 2.22. The Bertz CT molecular complexity index is 886. The van der Waals surface area contributed by atoms with Gasteiger partial charge in [-0.15, -0.1) is 0 Å². The normalized spacial score (nSPS) is 13.8. The number of esters is 1. The third-order valence-corrected chi connectivity index (χ3v) is 4.37. The van der Waals surface area contributed by atoms with Crippen LogP contribution in [0.4, 0.5) is 11.4 Å². The Kier molecular flexibility index (Phi) is 6.22. The molecule has 3 rings (SSSR count). The van der Waals surface area contributed by atoms with Crippen LogP contribution in [0.25, 0.3) is 6.08 Å². The van der Waals surface area contributed by atoms with Crippen LogP contribution in [0.5, 0.6) is 0 Å². The summed E-state index contributed by atoms with van der Waals surface area (Å²) in [4.78, 5) is 37.2. The van der Waals surface area contributed by atoms with Gasteiger partial charge in [-0.2, -0.15) is 0 Å².